The molecule has 0 spiro atoms. The van der Waals surface area contributed by atoms with E-state index in [4.69, 9.17) is 34.4 Å². The average Bonchev–Trinajstić information content (AvgIpc) is 2.98. The number of aryl methyl sites for hydroxylation is 1. The van der Waals surface area contributed by atoms with Crippen LogP contribution < -0.4 is 34.4 Å². The van der Waals surface area contributed by atoms with E-state index in [1.165, 1.54) is 16.7 Å². The van der Waals surface area contributed by atoms with Crippen LogP contribution in [0.3, 0.4) is 0 Å². The Balaban J connectivity index is 1.96. The van der Waals surface area contributed by atoms with Crippen LogP contribution in [0.5, 0.6) is 0 Å². The molecule has 0 heterocycles. The van der Waals surface area contributed by atoms with E-state index in [2.05, 4.69) is 82.3 Å². The SMILES string of the molecule is CCCC(CCC(N)C(N)C(N)CCC)c1ccc(/C=C/C(N)C(N)C(N)/C=C/C(CC)c2ccc(C)cc2)cc1. The van der Waals surface area contributed by atoms with Crippen LogP contribution in [0.15, 0.2) is 66.8 Å². The van der Waals surface area contributed by atoms with Crippen LogP contribution in [0.4, 0.5) is 0 Å². The highest BCUT2D eigenvalue weighted by Gasteiger charge is 2.22. The van der Waals surface area contributed by atoms with E-state index in [9.17, 15) is 0 Å². The Morgan fingerprint density at radius 3 is 1.73 bits per heavy atom. The Kier molecular flexibility index (Phi) is 15.5. The largest absolute Gasteiger partial charge is 0.326 e. The molecule has 6 nitrogen and oxygen atoms in total. The monoisotopic (exact) mass is 562 g/mol. The third-order valence-electron chi connectivity index (χ3n) is 8.42. The van der Waals surface area contributed by atoms with Crippen molar-refractivity contribution in [2.45, 2.75) is 121 Å². The molecule has 0 aromatic heterocycles. The third-order valence-corrected chi connectivity index (χ3v) is 8.42. The summed E-state index contributed by atoms with van der Waals surface area (Å²) in [5.74, 6) is 0.757. The molecule has 0 saturated heterocycles. The number of hydrogen-bond acceptors (Lipinski definition) is 6. The lowest BCUT2D eigenvalue weighted by Crippen LogP contribution is -2.53. The van der Waals surface area contributed by atoms with Crippen molar-refractivity contribution in [2.24, 2.45) is 34.4 Å². The van der Waals surface area contributed by atoms with E-state index in [1.807, 2.05) is 18.2 Å². The lowest BCUT2D eigenvalue weighted by atomic mass is 9.86. The lowest BCUT2D eigenvalue weighted by molar-refractivity contribution is 0.386. The van der Waals surface area contributed by atoms with Gasteiger partial charge in [0.2, 0.25) is 0 Å². The molecule has 228 valence electrons. The Morgan fingerprint density at radius 1 is 0.585 bits per heavy atom. The van der Waals surface area contributed by atoms with Gasteiger partial charge in [-0.1, -0.05) is 112 Å². The van der Waals surface area contributed by atoms with E-state index >= 15 is 0 Å². The molecule has 12 N–H and O–H groups in total. The second-order valence-electron chi connectivity index (χ2n) is 11.8. The van der Waals surface area contributed by atoms with Crippen LogP contribution >= 0.6 is 0 Å². The van der Waals surface area contributed by atoms with Gasteiger partial charge in [-0.15, -0.1) is 0 Å². The van der Waals surface area contributed by atoms with Gasteiger partial charge in [-0.3, -0.25) is 0 Å². The fourth-order valence-corrected chi connectivity index (χ4v) is 5.43. The topological polar surface area (TPSA) is 156 Å². The predicted molar refractivity (Wildman–Crippen MR) is 178 cm³/mol. The Morgan fingerprint density at radius 2 is 1.15 bits per heavy atom. The number of rotatable bonds is 18. The van der Waals surface area contributed by atoms with Gasteiger partial charge in [0.05, 0.1) is 0 Å². The Labute approximate surface area is 250 Å². The highest BCUT2D eigenvalue weighted by Crippen LogP contribution is 2.28. The summed E-state index contributed by atoms with van der Waals surface area (Å²) in [7, 11) is 0. The average molecular weight is 563 g/mol. The number of hydrogen-bond donors (Lipinski definition) is 6. The molecule has 6 heteroatoms. The summed E-state index contributed by atoms with van der Waals surface area (Å²) in [5, 5.41) is 0. The Hall–Kier alpha value is -2.32. The van der Waals surface area contributed by atoms with Crippen LogP contribution in [-0.4, -0.2) is 36.3 Å². The maximum Gasteiger partial charge on any atom is 0.0419 e. The first-order chi connectivity index (χ1) is 19.6. The molecule has 0 amide bonds. The number of benzene rings is 2. The zero-order valence-electron chi connectivity index (χ0n) is 26.0. The molecule has 0 bridgehead atoms. The van der Waals surface area contributed by atoms with Gasteiger partial charge in [-0.05, 0) is 61.6 Å². The van der Waals surface area contributed by atoms with Gasteiger partial charge in [0, 0.05) is 42.2 Å². The van der Waals surface area contributed by atoms with Gasteiger partial charge in [-0.2, -0.15) is 0 Å². The highest BCUT2D eigenvalue weighted by molar-refractivity contribution is 5.51. The minimum Gasteiger partial charge on any atom is -0.326 e. The van der Waals surface area contributed by atoms with Gasteiger partial charge in [-0.25, -0.2) is 0 Å². The summed E-state index contributed by atoms with van der Waals surface area (Å²) in [6.07, 6.45) is 15.2. The van der Waals surface area contributed by atoms with E-state index in [-0.39, 0.29) is 36.3 Å². The smallest absolute Gasteiger partial charge is 0.0419 e. The molecule has 0 aliphatic heterocycles. The van der Waals surface area contributed by atoms with Gasteiger partial charge in [0.1, 0.15) is 0 Å². The van der Waals surface area contributed by atoms with Crippen molar-refractivity contribution < 1.29 is 0 Å². The highest BCUT2D eigenvalue weighted by atomic mass is 14.9. The van der Waals surface area contributed by atoms with E-state index in [0.29, 0.717) is 11.8 Å². The Bertz CT molecular complexity index is 1030. The maximum absolute atomic E-state index is 6.44. The molecule has 2 aromatic rings. The summed E-state index contributed by atoms with van der Waals surface area (Å²) in [4.78, 5) is 0. The molecule has 8 atom stereocenters. The molecule has 8 unspecified atom stereocenters. The van der Waals surface area contributed by atoms with Crippen molar-refractivity contribution in [3.05, 3.63) is 89.0 Å². The normalized spacial score (nSPS) is 18.2. The fourth-order valence-electron chi connectivity index (χ4n) is 5.43. The van der Waals surface area contributed by atoms with Crippen LogP contribution in [-0.2, 0) is 0 Å². The van der Waals surface area contributed by atoms with E-state index in [1.54, 1.807) is 0 Å². The standard InChI is InChI=1S/C35H58N6/c1-5-8-27(20-23-33(39)34(40)30(36)9-6-2)29-17-12-25(13-18-29)14-21-31(37)35(41)32(38)22-19-26(7-3)28-15-10-24(4)11-16-28/h10-19,21-22,26-27,30-35H,5-9,20,23,36-41H2,1-4H3/b21-14+,22-19+. The maximum atomic E-state index is 6.44. The summed E-state index contributed by atoms with van der Waals surface area (Å²) in [6, 6.07) is 16.0. The minimum absolute atomic E-state index is 0.0392. The summed E-state index contributed by atoms with van der Waals surface area (Å²) < 4.78 is 0. The zero-order chi connectivity index (χ0) is 30.4. The second kappa shape index (κ2) is 18.3. The molecule has 0 radical (unpaired) electrons. The van der Waals surface area contributed by atoms with Crippen molar-refractivity contribution in [1.29, 1.82) is 0 Å². The molecule has 2 rings (SSSR count). The summed E-state index contributed by atoms with van der Waals surface area (Å²) >= 11 is 0. The third kappa shape index (κ3) is 11.5. The van der Waals surface area contributed by atoms with E-state index < -0.39 is 0 Å². The first-order valence-corrected chi connectivity index (χ1v) is 15.7. The molecule has 0 fully saturated rings. The van der Waals surface area contributed by atoms with Gasteiger partial charge in [0.25, 0.3) is 0 Å². The zero-order valence-corrected chi connectivity index (χ0v) is 26.0. The van der Waals surface area contributed by atoms with Crippen molar-refractivity contribution >= 4 is 6.08 Å². The molecular weight excluding hydrogens is 504 g/mol. The van der Waals surface area contributed by atoms with Crippen molar-refractivity contribution in [3.8, 4) is 0 Å². The molecule has 0 saturated carbocycles. The van der Waals surface area contributed by atoms with Gasteiger partial charge in [0.15, 0.2) is 0 Å². The quantitative estimate of drug-likeness (QED) is 0.137. The summed E-state index contributed by atoms with van der Waals surface area (Å²) in [5.41, 5.74) is 43.2. The molecule has 0 aliphatic rings. The van der Waals surface area contributed by atoms with Crippen LogP contribution in [0, 0.1) is 6.92 Å². The number of nitrogens with two attached hydrogens (primary N) is 6. The summed E-state index contributed by atoms with van der Waals surface area (Å²) in [6.45, 7) is 8.63. The first kappa shape index (κ1) is 34.9. The van der Waals surface area contributed by atoms with E-state index in [0.717, 1.165) is 50.5 Å². The van der Waals surface area contributed by atoms with Gasteiger partial charge < -0.3 is 34.4 Å². The minimum atomic E-state index is -0.382. The lowest BCUT2D eigenvalue weighted by Gasteiger charge is -2.27. The molecule has 2 aromatic carbocycles. The van der Waals surface area contributed by atoms with Crippen LogP contribution in [0.2, 0.25) is 0 Å². The molecular formula is C35H58N6. The number of allylic oxidation sites excluding steroid dienone is 1. The second-order valence-corrected chi connectivity index (χ2v) is 11.8. The molecule has 41 heavy (non-hydrogen) atoms. The van der Waals surface area contributed by atoms with Crippen molar-refractivity contribution in [1.82, 2.24) is 0 Å². The van der Waals surface area contributed by atoms with Crippen molar-refractivity contribution in [2.75, 3.05) is 0 Å². The van der Waals surface area contributed by atoms with Gasteiger partial charge >= 0.3 is 0 Å². The van der Waals surface area contributed by atoms with Crippen LogP contribution in [0.25, 0.3) is 6.08 Å². The van der Waals surface area contributed by atoms with Crippen LogP contribution in [0.1, 0.15) is 99.8 Å². The predicted octanol–water partition coefficient (Wildman–Crippen LogP) is 5.19. The fraction of sp³-hybridized carbons (Fsp3) is 0.543. The first-order valence-electron chi connectivity index (χ1n) is 15.7. The van der Waals surface area contributed by atoms with Crippen molar-refractivity contribution in [3.63, 3.8) is 0 Å². The molecule has 0 aliphatic carbocycles.